The number of hydrogen-bond acceptors (Lipinski definition) is 4. The molecule has 0 saturated heterocycles. The van der Waals surface area contributed by atoms with E-state index in [0.717, 1.165) is 17.0 Å². The van der Waals surface area contributed by atoms with Crippen molar-refractivity contribution in [3.05, 3.63) is 74.3 Å². The smallest absolute Gasteiger partial charge is 0.350 e. The number of nitrogens with one attached hydrogen (secondary N) is 3. The number of thiophene rings is 1. The highest BCUT2D eigenvalue weighted by Crippen LogP contribution is 2.36. The number of halogens is 3. The van der Waals surface area contributed by atoms with Crippen molar-refractivity contribution in [2.24, 2.45) is 0 Å². The fourth-order valence-electron chi connectivity index (χ4n) is 2.94. The zero-order chi connectivity index (χ0) is 20.6. The lowest BCUT2D eigenvalue weighted by molar-refractivity contribution is -0.136. The third-order valence-corrected chi connectivity index (χ3v) is 5.18. The predicted octanol–water partition coefficient (Wildman–Crippen LogP) is 3.93. The topological polar surface area (TPSA) is 90.6 Å². The summed E-state index contributed by atoms with van der Waals surface area (Å²) < 4.78 is 41.1. The van der Waals surface area contributed by atoms with Gasteiger partial charge in [-0.1, -0.05) is 6.07 Å². The third kappa shape index (κ3) is 3.79. The van der Waals surface area contributed by atoms with Gasteiger partial charge in [0.05, 0.1) is 23.3 Å². The van der Waals surface area contributed by atoms with Gasteiger partial charge in [-0.05, 0) is 29.6 Å². The highest BCUT2D eigenvalue weighted by molar-refractivity contribution is 7.09. The number of aromatic amines is 2. The number of fused-ring (bicyclic) bond motifs is 1. The number of amides is 1. The summed E-state index contributed by atoms with van der Waals surface area (Å²) in [5.41, 5.74) is -1.89. The van der Waals surface area contributed by atoms with Crippen LogP contribution >= 0.6 is 11.3 Å². The lowest BCUT2D eigenvalue weighted by Crippen LogP contribution is -2.25. The van der Waals surface area contributed by atoms with Crippen molar-refractivity contribution in [2.75, 3.05) is 0 Å². The molecule has 4 aromatic rings. The first-order chi connectivity index (χ1) is 13.8. The van der Waals surface area contributed by atoms with Crippen LogP contribution < -0.4 is 10.7 Å². The van der Waals surface area contributed by atoms with Crippen LogP contribution in [-0.4, -0.2) is 21.1 Å². The summed E-state index contributed by atoms with van der Waals surface area (Å²) in [5, 5.41) is 10.6. The van der Waals surface area contributed by atoms with Crippen molar-refractivity contribution in [3.63, 3.8) is 0 Å². The van der Waals surface area contributed by atoms with E-state index in [0.29, 0.717) is 5.69 Å². The average molecular weight is 418 g/mol. The average Bonchev–Trinajstić information content (AvgIpc) is 3.38. The Kier molecular flexibility index (Phi) is 4.71. The lowest BCUT2D eigenvalue weighted by Gasteiger charge is -2.13. The Morgan fingerprint density at radius 2 is 2.03 bits per heavy atom. The summed E-state index contributed by atoms with van der Waals surface area (Å²) in [5.74, 6) is -0.664. The molecule has 0 unspecified atom stereocenters. The van der Waals surface area contributed by atoms with Crippen LogP contribution in [0.3, 0.4) is 0 Å². The molecule has 10 heteroatoms. The Morgan fingerprint density at radius 3 is 2.69 bits per heavy atom. The van der Waals surface area contributed by atoms with Crippen molar-refractivity contribution >= 4 is 28.1 Å². The number of hydrogen-bond donors (Lipinski definition) is 3. The van der Waals surface area contributed by atoms with Crippen molar-refractivity contribution in [1.82, 2.24) is 20.5 Å². The van der Waals surface area contributed by atoms with Crippen LogP contribution in [0.25, 0.3) is 22.2 Å². The fraction of sp³-hybridized carbons (Fsp3) is 0.105. The first-order valence-electron chi connectivity index (χ1n) is 8.41. The molecule has 0 aliphatic heterocycles. The first-order valence-corrected chi connectivity index (χ1v) is 9.29. The molecule has 148 valence electrons. The van der Waals surface area contributed by atoms with E-state index in [1.807, 2.05) is 17.5 Å². The molecule has 0 saturated carbocycles. The second-order valence-electron chi connectivity index (χ2n) is 6.22. The van der Waals surface area contributed by atoms with Crippen LogP contribution in [0.5, 0.6) is 0 Å². The van der Waals surface area contributed by atoms with Gasteiger partial charge in [0.25, 0.3) is 5.91 Å². The largest absolute Gasteiger partial charge is 0.418 e. The number of aromatic nitrogens is 3. The van der Waals surface area contributed by atoms with Gasteiger partial charge < -0.3 is 10.3 Å². The Bertz CT molecular complexity index is 1230. The molecule has 3 N–H and O–H groups in total. The van der Waals surface area contributed by atoms with Gasteiger partial charge in [-0.15, -0.1) is 11.3 Å². The number of benzene rings is 1. The number of rotatable bonds is 4. The molecule has 0 spiro atoms. The van der Waals surface area contributed by atoms with E-state index < -0.39 is 28.6 Å². The maximum absolute atomic E-state index is 13.7. The van der Waals surface area contributed by atoms with Gasteiger partial charge >= 0.3 is 6.18 Å². The summed E-state index contributed by atoms with van der Waals surface area (Å²) in [7, 11) is 0. The van der Waals surface area contributed by atoms with E-state index in [2.05, 4.69) is 20.5 Å². The van der Waals surface area contributed by atoms with E-state index in [1.165, 1.54) is 29.7 Å². The fourth-order valence-corrected chi connectivity index (χ4v) is 3.59. The molecule has 3 aromatic heterocycles. The van der Waals surface area contributed by atoms with E-state index >= 15 is 0 Å². The Balaban J connectivity index is 1.81. The monoisotopic (exact) mass is 418 g/mol. The Hall–Kier alpha value is -3.40. The molecule has 6 nitrogen and oxygen atoms in total. The van der Waals surface area contributed by atoms with E-state index in [1.54, 1.807) is 0 Å². The molecule has 1 aromatic carbocycles. The molecule has 0 radical (unpaired) electrons. The van der Waals surface area contributed by atoms with Gasteiger partial charge in [0, 0.05) is 28.1 Å². The maximum Gasteiger partial charge on any atom is 0.418 e. The zero-order valence-electron chi connectivity index (χ0n) is 14.6. The van der Waals surface area contributed by atoms with Crippen molar-refractivity contribution < 1.29 is 18.0 Å². The molecular weight excluding hydrogens is 405 g/mol. The summed E-state index contributed by atoms with van der Waals surface area (Å²) in [6, 6.07) is 8.39. The summed E-state index contributed by atoms with van der Waals surface area (Å²) in [6.45, 7) is 0.210. The number of carbonyl (C=O) groups is 1. The van der Waals surface area contributed by atoms with Gasteiger partial charge in [-0.25, -0.2) is 0 Å². The molecule has 4 rings (SSSR count). The molecule has 0 atom stereocenters. The molecule has 3 heterocycles. The highest BCUT2D eigenvalue weighted by Gasteiger charge is 2.34. The van der Waals surface area contributed by atoms with E-state index in [-0.39, 0.29) is 23.2 Å². The van der Waals surface area contributed by atoms with Crippen molar-refractivity contribution in [3.8, 4) is 11.3 Å². The predicted molar refractivity (Wildman–Crippen MR) is 103 cm³/mol. The highest BCUT2D eigenvalue weighted by atomic mass is 32.1. The van der Waals surface area contributed by atoms with Gasteiger partial charge in [-0.3, -0.25) is 14.7 Å². The molecular formula is C19H13F3N4O2S. The number of carbonyl (C=O) groups excluding carboxylic acids is 1. The maximum atomic E-state index is 13.7. The van der Waals surface area contributed by atoms with Crippen LogP contribution in [0, 0.1) is 0 Å². The number of H-pyrrole nitrogens is 2. The van der Waals surface area contributed by atoms with Gasteiger partial charge in [0.15, 0.2) is 5.43 Å². The number of nitrogens with zero attached hydrogens (tertiary/aromatic N) is 1. The first kappa shape index (κ1) is 18.9. The standard InChI is InChI=1S/C19H13F3N4O2S/c20-19(21,22)13-7-10(14-3-4-24-26-14)6-12-16(27)8-15(25-17(12)13)18(28)23-9-11-2-1-5-29-11/h1-8H,9H2,(H,23,28)(H,24,26)(H,25,27). The zero-order valence-corrected chi connectivity index (χ0v) is 15.4. The van der Waals surface area contributed by atoms with E-state index in [4.69, 9.17) is 0 Å². The SMILES string of the molecule is O=C(NCc1cccs1)c1cc(=O)c2cc(-c3ccn[nH]3)cc(C(F)(F)F)c2[nH]1. The normalized spacial score (nSPS) is 11.7. The summed E-state index contributed by atoms with van der Waals surface area (Å²) in [4.78, 5) is 28.3. The van der Waals surface area contributed by atoms with Crippen molar-refractivity contribution in [2.45, 2.75) is 12.7 Å². The number of alkyl halides is 3. The Labute approximate surface area is 165 Å². The quantitative estimate of drug-likeness (QED) is 0.469. The van der Waals surface area contributed by atoms with E-state index in [9.17, 15) is 22.8 Å². The van der Waals surface area contributed by atoms with Crippen molar-refractivity contribution in [1.29, 1.82) is 0 Å². The van der Waals surface area contributed by atoms with Gasteiger partial charge in [0.2, 0.25) is 0 Å². The second-order valence-corrected chi connectivity index (χ2v) is 7.26. The second kappa shape index (κ2) is 7.21. The van der Waals surface area contributed by atoms with Gasteiger partial charge in [0.1, 0.15) is 5.69 Å². The third-order valence-electron chi connectivity index (χ3n) is 4.30. The number of pyridine rings is 1. The molecule has 0 fully saturated rings. The molecule has 29 heavy (non-hydrogen) atoms. The molecule has 0 bridgehead atoms. The molecule has 0 aliphatic carbocycles. The summed E-state index contributed by atoms with van der Waals surface area (Å²) >= 11 is 1.43. The summed E-state index contributed by atoms with van der Waals surface area (Å²) in [6.07, 6.45) is -3.33. The van der Waals surface area contributed by atoms with Crippen LogP contribution in [0.2, 0.25) is 0 Å². The molecule has 1 amide bonds. The van der Waals surface area contributed by atoms with Crippen LogP contribution in [0.4, 0.5) is 13.2 Å². The van der Waals surface area contributed by atoms with Gasteiger partial charge in [-0.2, -0.15) is 18.3 Å². The van der Waals surface area contributed by atoms with Crippen LogP contribution in [0.15, 0.2) is 52.8 Å². The Morgan fingerprint density at radius 1 is 1.21 bits per heavy atom. The van der Waals surface area contributed by atoms with Crippen LogP contribution in [0.1, 0.15) is 20.9 Å². The van der Waals surface area contributed by atoms with Crippen LogP contribution in [-0.2, 0) is 12.7 Å². The molecule has 0 aliphatic rings. The minimum Gasteiger partial charge on any atom is -0.350 e. The minimum atomic E-state index is -4.73. The minimum absolute atomic E-state index is 0.167. The lowest BCUT2D eigenvalue weighted by atomic mass is 10.0.